The van der Waals surface area contributed by atoms with E-state index < -0.39 is 11.9 Å². The van der Waals surface area contributed by atoms with E-state index in [-0.39, 0.29) is 0 Å². The fourth-order valence-corrected chi connectivity index (χ4v) is 1.73. The van der Waals surface area contributed by atoms with E-state index in [1.165, 1.54) is 0 Å². The van der Waals surface area contributed by atoms with Crippen molar-refractivity contribution < 1.29 is 10.0 Å². The van der Waals surface area contributed by atoms with Crippen LogP contribution >= 0.6 is 0 Å². The normalized spacial score (nSPS) is 20.9. The van der Waals surface area contributed by atoms with Crippen molar-refractivity contribution in [3.05, 3.63) is 29.3 Å². The molecule has 0 saturated carbocycles. The lowest BCUT2D eigenvalue weighted by atomic mass is 9.95. The summed E-state index contributed by atoms with van der Waals surface area (Å²) in [4.78, 5) is 11.4. The summed E-state index contributed by atoms with van der Waals surface area (Å²) in [5.41, 5.74) is 8.15. The number of anilines is 1. The second-order valence-corrected chi connectivity index (χ2v) is 3.53. The van der Waals surface area contributed by atoms with Crippen molar-refractivity contribution in [3.8, 4) is 0 Å². The largest absolute Gasteiger partial charge is 0.320 e. The first-order chi connectivity index (χ1) is 6.61. The molecule has 0 bridgehead atoms. The molecule has 1 atom stereocenters. The van der Waals surface area contributed by atoms with Crippen molar-refractivity contribution in [1.29, 1.82) is 0 Å². The molecule has 4 heteroatoms. The fourth-order valence-electron chi connectivity index (χ4n) is 1.73. The molecule has 0 radical (unpaired) electrons. The molecule has 0 aliphatic carbocycles. The van der Waals surface area contributed by atoms with Crippen LogP contribution < -0.4 is 10.8 Å². The lowest BCUT2D eigenvalue weighted by Crippen LogP contribution is -2.47. The number of fused-ring (bicyclic) bond motifs is 1. The van der Waals surface area contributed by atoms with E-state index in [0.29, 0.717) is 17.2 Å². The summed E-state index contributed by atoms with van der Waals surface area (Å²) in [7, 11) is 0. The minimum atomic E-state index is -0.631. The molecule has 1 aliphatic heterocycles. The molecular weight excluding hydrogens is 180 g/mol. The predicted molar refractivity (Wildman–Crippen MR) is 52.1 cm³/mol. The van der Waals surface area contributed by atoms with Crippen molar-refractivity contribution in [2.24, 2.45) is 5.73 Å². The highest BCUT2D eigenvalue weighted by Crippen LogP contribution is 2.28. The Balaban J connectivity index is 2.56. The van der Waals surface area contributed by atoms with E-state index in [4.69, 9.17) is 5.73 Å². The van der Waals surface area contributed by atoms with E-state index in [0.717, 1.165) is 11.1 Å². The number of benzene rings is 1. The van der Waals surface area contributed by atoms with Crippen LogP contribution in [-0.2, 0) is 11.2 Å². The molecule has 74 valence electrons. The van der Waals surface area contributed by atoms with Crippen LogP contribution in [0.25, 0.3) is 0 Å². The number of carbonyl (C=O) groups is 1. The van der Waals surface area contributed by atoms with Crippen LogP contribution in [0.5, 0.6) is 0 Å². The lowest BCUT2D eigenvalue weighted by molar-refractivity contribution is -0.125. The van der Waals surface area contributed by atoms with Crippen LogP contribution in [0.15, 0.2) is 18.2 Å². The summed E-state index contributed by atoms with van der Waals surface area (Å²) in [5.74, 6) is -0.442. The minimum Gasteiger partial charge on any atom is -0.320 e. The maximum absolute atomic E-state index is 11.4. The zero-order chi connectivity index (χ0) is 10.3. The van der Waals surface area contributed by atoms with Gasteiger partial charge in [-0.1, -0.05) is 12.1 Å². The average Bonchev–Trinajstić information content (AvgIpc) is 2.17. The van der Waals surface area contributed by atoms with E-state index in [2.05, 4.69) is 0 Å². The highest BCUT2D eigenvalue weighted by atomic mass is 16.5. The Bertz CT molecular complexity index is 390. The summed E-state index contributed by atoms with van der Waals surface area (Å²) in [6, 6.07) is 4.83. The van der Waals surface area contributed by atoms with Crippen molar-refractivity contribution in [3.63, 3.8) is 0 Å². The molecule has 0 fully saturated rings. The van der Waals surface area contributed by atoms with Crippen LogP contribution in [-0.4, -0.2) is 17.2 Å². The summed E-state index contributed by atoms with van der Waals surface area (Å²) in [6.45, 7) is 1.94. The third-order valence-corrected chi connectivity index (χ3v) is 2.56. The van der Waals surface area contributed by atoms with E-state index in [1.807, 2.05) is 19.1 Å². The first-order valence-electron chi connectivity index (χ1n) is 4.48. The molecule has 0 aromatic heterocycles. The van der Waals surface area contributed by atoms with Gasteiger partial charge >= 0.3 is 0 Å². The first kappa shape index (κ1) is 9.18. The van der Waals surface area contributed by atoms with Crippen LogP contribution in [0.4, 0.5) is 5.69 Å². The standard InChI is InChI=1S/C10H12N2O2/c1-6-3-2-4-9-7(6)5-8(11)10(13)12(9)14/h2-4,8,14H,5,11H2,1H3/t8-/m0/s1. The van der Waals surface area contributed by atoms with E-state index in [9.17, 15) is 10.0 Å². The van der Waals surface area contributed by atoms with Crippen molar-refractivity contribution in [1.82, 2.24) is 0 Å². The topological polar surface area (TPSA) is 66.6 Å². The number of amides is 1. The second-order valence-electron chi connectivity index (χ2n) is 3.53. The van der Waals surface area contributed by atoms with Crippen molar-refractivity contribution >= 4 is 11.6 Å². The van der Waals surface area contributed by atoms with E-state index >= 15 is 0 Å². The van der Waals surface area contributed by atoms with Gasteiger partial charge in [-0.05, 0) is 30.5 Å². The number of aryl methyl sites for hydroxylation is 1. The number of nitrogens with zero attached hydrogens (tertiary/aromatic N) is 1. The highest BCUT2D eigenvalue weighted by Gasteiger charge is 2.30. The number of hydroxylamine groups is 1. The van der Waals surface area contributed by atoms with Crippen LogP contribution in [0.3, 0.4) is 0 Å². The number of nitrogens with two attached hydrogens (primary N) is 1. The molecule has 0 saturated heterocycles. The number of rotatable bonds is 0. The Hall–Kier alpha value is -1.39. The monoisotopic (exact) mass is 192 g/mol. The molecule has 0 spiro atoms. The van der Waals surface area contributed by atoms with E-state index in [1.54, 1.807) is 6.07 Å². The maximum atomic E-state index is 11.4. The Morgan fingerprint density at radius 1 is 1.57 bits per heavy atom. The molecule has 1 aromatic rings. The van der Waals surface area contributed by atoms with Crippen molar-refractivity contribution in [2.45, 2.75) is 19.4 Å². The lowest BCUT2D eigenvalue weighted by Gasteiger charge is -2.28. The zero-order valence-corrected chi connectivity index (χ0v) is 7.90. The third-order valence-electron chi connectivity index (χ3n) is 2.56. The molecule has 2 rings (SSSR count). The van der Waals surface area contributed by atoms with Gasteiger partial charge in [0.05, 0.1) is 11.7 Å². The van der Waals surface area contributed by atoms with Gasteiger partial charge in [0, 0.05) is 0 Å². The van der Waals surface area contributed by atoms with Gasteiger partial charge in [-0.25, -0.2) is 0 Å². The molecular formula is C10H12N2O2. The van der Waals surface area contributed by atoms with Gasteiger partial charge in [0.25, 0.3) is 5.91 Å². The molecule has 14 heavy (non-hydrogen) atoms. The number of hydrogen-bond donors (Lipinski definition) is 2. The van der Waals surface area contributed by atoms with Gasteiger partial charge in [-0.2, -0.15) is 5.06 Å². The molecule has 1 amide bonds. The molecule has 4 nitrogen and oxygen atoms in total. The zero-order valence-electron chi connectivity index (χ0n) is 7.90. The highest BCUT2D eigenvalue weighted by molar-refractivity contribution is 5.98. The van der Waals surface area contributed by atoms with Gasteiger partial charge in [-0.15, -0.1) is 0 Å². The molecule has 3 N–H and O–H groups in total. The van der Waals surface area contributed by atoms with Crippen LogP contribution in [0.2, 0.25) is 0 Å². The smallest absolute Gasteiger partial charge is 0.267 e. The Morgan fingerprint density at radius 3 is 3.00 bits per heavy atom. The summed E-state index contributed by atoms with van der Waals surface area (Å²) in [5, 5.41) is 10.2. The molecule has 1 aromatic carbocycles. The number of carbonyl (C=O) groups excluding carboxylic acids is 1. The quantitative estimate of drug-likeness (QED) is 0.591. The third kappa shape index (κ3) is 1.20. The SMILES string of the molecule is Cc1cccc2c1C[C@H](N)C(=O)N2O. The van der Waals surface area contributed by atoms with Gasteiger partial charge in [0.2, 0.25) is 0 Å². The Kier molecular flexibility index (Phi) is 2.02. The minimum absolute atomic E-state index is 0.442. The summed E-state index contributed by atoms with van der Waals surface area (Å²) < 4.78 is 0. The first-order valence-corrected chi connectivity index (χ1v) is 4.48. The predicted octanol–water partition coefficient (Wildman–Crippen LogP) is 0.601. The van der Waals surface area contributed by atoms with Gasteiger partial charge in [-0.3, -0.25) is 10.0 Å². The van der Waals surface area contributed by atoms with Gasteiger partial charge in [0.1, 0.15) is 0 Å². The maximum Gasteiger partial charge on any atom is 0.267 e. The molecule has 1 heterocycles. The Morgan fingerprint density at radius 2 is 2.29 bits per heavy atom. The molecule has 1 aliphatic rings. The van der Waals surface area contributed by atoms with Gasteiger partial charge < -0.3 is 5.73 Å². The summed E-state index contributed by atoms with van der Waals surface area (Å²) >= 11 is 0. The average molecular weight is 192 g/mol. The summed E-state index contributed by atoms with van der Waals surface area (Å²) in [6.07, 6.45) is 0.498. The molecule has 0 unspecified atom stereocenters. The van der Waals surface area contributed by atoms with Crippen LogP contribution in [0.1, 0.15) is 11.1 Å². The Labute approximate surface area is 81.9 Å². The van der Waals surface area contributed by atoms with Gasteiger partial charge in [0.15, 0.2) is 0 Å². The fraction of sp³-hybridized carbons (Fsp3) is 0.300. The van der Waals surface area contributed by atoms with Crippen molar-refractivity contribution in [2.75, 3.05) is 5.06 Å². The van der Waals surface area contributed by atoms with Crippen LogP contribution in [0, 0.1) is 6.92 Å². The number of hydrogen-bond acceptors (Lipinski definition) is 3. The second kappa shape index (κ2) is 3.08.